The predicted octanol–water partition coefficient (Wildman–Crippen LogP) is 6.04. The van der Waals surface area contributed by atoms with Crippen molar-refractivity contribution >= 4 is 6.08 Å². The van der Waals surface area contributed by atoms with Gasteiger partial charge < -0.3 is 4.74 Å². The van der Waals surface area contributed by atoms with Gasteiger partial charge in [-0.1, -0.05) is 48.9 Å². The van der Waals surface area contributed by atoms with Gasteiger partial charge in [0.2, 0.25) is 0 Å². The number of allylic oxidation sites excluding steroid dienone is 4. The second-order valence-electron chi connectivity index (χ2n) is 5.87. The van der Waals surface area contributed by atoms with Gasteiger partial charge in [-0.2, -0.15) is 0 Å². The molecule has 0 N–H and O–H groups in total. The summed E-state index contributed by atoms with van der Waals surface area (Å²) in [4.78, 5) is 0. The standard InChI is InChI=1S/C20H28O/c1-6-20(5,15-8-9-17(3)4)16-14-18-10-12-19(13-11-18)21-7-2/h6,9-14,16H,1,7-8,15H2,2-5H3/b16-14+/t20-/m1/s1. The molecule has 21 heavy (non-hydrogen) atoms. The molecule has 114 valence electrons. The van der Waals surface area contributed by atoms with Crippen molar-refractivity contribution < 1.29 is 4.74 Å². The molecule has 0 spiro atoms. The average Bonchev–Trinajstić information content (AvgIpc) is 2.46. The Labute approximate surface area is 130 Å². The highest BCUT2D eigenvalue weighted by Crippen LogP contribution is 2.28. The topological polar surface area (TPSA) is 9.23 Å². The minimum Gasteiger partial charge on any atom is -0.494 e. The predicted molar refractivity (Wildman–Crippen MR) is 93.6 cm³/mol. The molecular formula is C20H28O. The Balaban J connectivity index is 2.70. The normalized spacial score (nSPS) is 13.7. The SMILES string of the molecule is C=C[C@@](C)(/C=C/c1ccc(OCC)cc1)CCC=C(C)C. The Kier molecular flexibility index (Phi) is 7.01. The Morgan fingerprint density at radius 1 is 1.24 bits per heavy atom. The quantitative estimate of drug-likeness (QED) is 0.529. The summed E-state index contributed by atoms with van der Waals surface area (Å²) < 4.78 is 5.46. The Morgan fingerprint density at radius 3 is 2.43 bits per heavy atom. The van der Waals surface area contributed by atoms with Crippen LogP contribution in [0.3, 0.4) is 0 Å². The average molecular weight is 284 g/mol. The van der Waals surface area contributed by atoms with Crippen molar-refractivity contribution in [2.75, 3.05) is 6.61 Å². The van der Waals surface area contributed by atoms with Gasteiger partial charge in [0.1, 0.15) is 5.75 Å². The molecule has 0 saturated heterocycles. The molecule has 0 unspecified atom stereocenters. The highest BCUT2D eigenvalue weighted by Gasteiger charge is 2.14. The summed E-state index contributed by atoms with van der Waals surface area (Å²) in [6.07, 6.45) is 10.9. The number of ether oxygens (including phenoxy) is 1. The van der Waals surface area contributed by atoms with Crippen LogP contribution in [-0.4, -0.2) is 6.61 Å². The van der Waals surface area contributed by atoms with Crippen molar-refractivity contribution in [2.45, 2.75) is 40.5 Å². The highest BCUT2D eigenvalue weighted by molar-refractivity contribution is 5.51. The largest absolute Gasteiger partial charge is 0.494 e. The van der Waals surface area contributed by atoms with Crippen LogP contribution in [0.25, 0.3) is 6.08 Å². The van der Waals surface area contributed by atoms with E-state index in [1.807, 2.05) is 25.1 Å². The first-order valence-corrected chi connectivity index (χ1v) is 7.68. The van der Waals surface area contributed by atoms with E-state index < -0.39 is 0 Å². The first-order chi connectivity index (χ1) is 9.99. The molecule has 0 heterocycles. The number of hydrogen-bond donors (Lipinski definition) is 0. The number of hydrogen-bond acceptors (Lipinski definition) is 1. The van der Waals surface area contributed by atoms with E-state index in [1.54, 1.807) is 0 Å². The van der Waals surface area contributed by atoms with E-state index in [0.29, 0.717) is 6.61 Å². The van der Waals surface area contributed by atoms with Crippen molar-refractivity contribution in [3.63, 3.8) is 0 Å². The molecule has 1 heteroatoms. The molecule has 0 radical (unpaired) electrons. The van der Waals surface area contributed by atoms with Crippen molar-refractivity contribution in [3.8, 4) is 5.75 Å². The van der Waals surface area contributed by atoms with Crippen LogP contribution in [-0.2, 0) is 0 Å². The number of rotatable bonds is 8. The molecule has 0 aliphatic heterocycles. The Morgan fingerprint density at radius 2 is 1.90 bits per heavy atom. The van der Waals surface area contributed by atoms with Gasteiger partial charge in [-0.05, 0) is 51.3 Å². The number of benzene rings is 1. The second-order valence-corrected chi connectivity index (χ2v) is 5.87. The van der Waals surface area contributed by atoms with Crippen molar-refractivity contribution in [1.82, 2.24) is 0 Å². The zero-order valence-electron chi connectivity index (χ0n) is 13.9. The Hall–Kier alpha value is -1.76. The van der Waals surface area contributed by atoms with Crippen LogP contribution < -0.4 is 4.74 Å². The summed E-state index contributed by atoms with van der Waals surface area (Å²) in [6.45, 7) is 13.2. The first kappa shape index (κ1) is 17.3. The lowest BCUT2D eigenvalue weighted by atomic mass is 9.84. The van der Waals surface area contributed by atoms with Gasteiger partial charge in [-0.15, -0.1) is 6.58 Å². The Bertz CT molecular complexity index is 489. The van der Waals surface area contributed by atoms with E-state index in [9.17, 15) is 0 Å². The van der Waals surface area contributed by atoms with Crippen molar-refractivity contribution in [2.24, 2.45) is 5.41 Å². The maximum Gasteiger partial charge on any atom is 0.119 e. The van der Waals surface area contributed by atoms with Crippen LogP contribution in [0.2, 0.25) is 0 Å². The van der Waals surface area contributed by atoms with E-state index in [-0.39, 0.29) is 5.41 Å². The summed E-state index contributed by atoms with van der Waals surface area (Å²) in [5.74, 6) is 0.921. The zero-order valence-corrected chi connectivity index (χ0v) is 13.9. The van der Waals surface area contributed by atoms with Crippen LogP contribution in [0, 0.1) is 5.41 Å². The third-order valence-corrected chi connectivity index (χ3v) is 3.55. The molecule has 0 aliphatic rings. The van der Waals surface area contributed by atoms with Crippen LogP contribution in [0.1, 0.15) is 46.1 Å². The molecule has 1 atom stereocenters. The van der Waals surface area contributed by atoms with Gasteiger partial charge >= 0.3 is 0 Å². The van der Waals surface area contributed by atoms with E-state index in [2.05, 4.69) is 57.7 Å². The molecule has 0 aromatic heterocycles. The lowest BCUT2D eigenvalue weighted by Crippen LogP contribution is -2.08. The van der Waals surface area contributed by atoms with E-state index >= 15 is 0 Å². The maximum absolute atomic E-state index is 5.46. The molecule has 1 aromatic rings. The monoisotopic (exact) mass is 284 g/mol. The summed E-state index contributed by atoms with van der Waals surface area (Å²) in [5, 5.41) is 0. The summed E-state index contributed by atoms with van der Waals surface area (Å²) in [6, 6.07) is 8.19. The molecule has 1 rings (SSSR count). The van der Waals surface area contributed by atoms with Gasteiger partial charge in [0.15, 0.2) is 0 Å². The van der Waals surface area contributed by atoms with Gasteiger partial charge in [0, 0.05) is 5.41 Å². The molecule has 0 bridgehead atoms. The van der Waals surface area contributed by atoms with Gasteiger partial charge in [-0.25, -0.2) is 0 Å². The summed E-state index contributed by atoms with van der Waals surface area (Å²) in [5.41, 5.74) is 2.59. The molecule has 0 fully saturated rings. The third kappa shape index (κ3) is 6.48. The van der Waals surface area contributed by atoms with E-state index in [1.165, 1.54) is 11.1 Å². The fourth-order valence-electron chi connectivity index (χ4n) is 2.05. The molecule has 1 nitrogen and oxygen atoms in total. The molecule has 1 aromatic carbocycles. The lowest BCUT2D eigenvalue weighted by molar-refractivity contribution is 0.340. The van der Waals surface area contributed by atoms with Crippen molar-refractivity contribution in [1.29, 1.82) is 0 Å². The molecular weight excluding hydrogens is 256 g/mol. The van der Waals surface area contributed by atoms with Crippen LogP contribution in [0.5, 0.6) is 5.75 Å². The molecule has 0 aliphatic carbocycles. The zero-order chi connectivity index (χ0) is 15.7. The third-order valence-electron chi connectivity index (χ3n) is 3.55. The van der Waals surface area contributed by atoms with E-state index in [4.69, 9.17) is 4.74 Å². The van der Waals surface area contributed by atoms with Gasteiger partial charge in [0.05, 0.1) is 6.61 Å². The molecule has 0 amide bonds. The molecule has 0 saturated carbocycles. The van der Waals surface area contributed by atoms with Gasteiger partial charge in [0.25, 0.3) is 0 Å². The highest BCUT2D eigenvalue weighted by atomic mass is 16.5. The fourth-order valence-corrected chi connectivity index (χ4v) is 2.05. The maximum atomic E-state index is 5.46. The summed E-state index contributed by atoms with van der Waals surface area (Å²) in [7, 11) is 0. The van der Waals surface area contributed by atoms with Crippen LogP contribution in [0.15, 0.2) is 54.6 Å². The van der Waals surface area contributed by atoms with Gasteiger partial charge in [-0.3, -0.25) is 0 Å². The minimum absolute atomic E-state index is 0.0323. The van der Waals surface area contributed by atoms with Crippen LogP contribution >= 0.6 is 0 Å². The fraction of sp³-hybridized carbons (Fsp3) is 0.400. The smallest absolute Gasteiger partial charge is 0.119 e. The second kappa shape index (κ2) is 8.51. The van der Waals surface area contributed by atoms with E-state index in [0.717, 1.165) is 18.6 Å². The summed E-state index contributed by atoms with van der Waals surface area (Å²) >= 11 is 0. The van der Waals surface area contributed by atoms with Crippen LogP contribution in [0.4, 0.5) is 0 Å². The minimum atomic E-state index is 0.0323. The van der Waals surface area contributed by atoms with Crippen molar-refractivity contribution in [3.05, 3.63) is 60.2 Å². The first-order valence-electron chi connectivity index (χ1n) is 7.68. The lowest BCUT2D eigenvalue weighted by Gasteiger charge is -2.20.